The van der Waals surface area contributed by atoms with Crippen molar-refractivity contribution in [3.8, 4) is 11.1 Å². The van der Waals surface area contributed by atoms with Gasteiger partial charge in [0, 0.05) is 6.42 Å². The molecule has 0 saturated carbocycles. The standard InChI is InChI=1S/C27H36O3/c1-4-6-8-9-10-11-22-13-15-23(16-14-22)24-17-19-25(20-18-24)27(29)30-21(3)26(28)12-7-5-2/h13-21H,4-12H2,1-3H3. The van der Waals surface area contributed by atoms with Gasteiger partial charge in [0.25, 0.3) is 0 Å². The van der Waals surface area contributed by atoms with E-state index < -0.39 is 12.1 Å². The Hall–Kier alpha value is -2.42. The number of esters is 1. The highest BCUT2D eigenvalue weighted by Gasteiger charge is 2.18. The van der Waals surface area contributed by atoms with Gasteiger partial charge in [-0.3, -0.25) is 4.79 Å². The molecule has 162 valence electrons. The van der Waals surface area contributed by atoms with Crippen LogP contribution in [0.5, 0.6) is 0 Å². The number of ketones is 1. The maximum Gasteiger partial charge on any atom is 0.338 e. The third kappa shape index (κ3) is 7.78. The Balaban J connectivity index is 1.88. The molecule has 0 heterocycles. The molecule has 2 aromatic rings. The van der Waals surface area contributed by atoms with E-state index in [0.717, 1.165) is 30.4 Å². The van der Waals surface area contributed by atoms with Gasteiger partial charge < -0.3 is 4.74 Å². The van der Waals surface area contributed by atoms with Gasteiger partial charge in [-0.25, -0.2) is 4.79 Å². The molecule has 3 nitrogen and oxygen atoms in total. The van der Waals surface area contributed by atoms with Crippen molar-refractivity contribution in [1.82, 2.24) is 0 Å². The molecular formula is C27H36O3. The van der Waals surface area contributed by atoms with Crippen molar-refractivity contribution in [2.24, 2.45) is 0 Å². The van der Waals surface area contributed by atoms with Crippen molar-refractivity contribution in [1.29, 1.82) is 0 Å². The van der Waals surface area contributed by atoms with Crippen LogP contribution in [-0.4, -0.2) is 17.9 Å². The molecule has 0 N–H and O–H groups in total. The first kappa shape index (κ1) is 23.9. The average Bonchev–Trinajstić information content (AvgIpc) is 2.77. The minimum atomic E-state index is -0.696. The molecule has 2 rings (SSSR count). The summed E-state index contributed by atoms with van der Waals surface area (Å²) in [5.74, 6) is -0.468. The molecule has 2 aromatic carbocycles. The van der Waals surface area contributed by atoms with Crippen molar-refractivity contribution in [3.63, 3.8) is 0 Å². The van der Waals surface area contributed by atoms with Crippen molar-refractivity contribution in [2.45, 2.75) is 84.7 Å². The zero-order chi connectivity index (χ0) is 21.8. The number of carbonyl (C=O) groups excluding carboxylic acids is 2. The molecule has 30 heavy (non-hydrogen) atoms. The third-order valence-electron chi connectivity index (χ3n) is 5.49. The van der Waals surface area contributed by atoms with E-state index in [4.69, 9.17) is 4.74 Å². The summed E-state index contributed by atoms with van der Waals surface area (Å²) in [6.45, 7) is 5.92. The molecule has 0 aliphatic heterocycles. The molecule has 1 atom stereocenters. The molecule has 0 amide bonds. The summed E-state index contributed by atoms with van der Waals surface area (Å²) in [6.07, 6.45) is 9.15. The zero-order valence-corrected chi connectivity index (χ0v) is 18.8. The van der Waals surface area contributed by atoms with Crippen LogP contribution in [0.1, 0.15) is 88.1 Å². The smallest absolute Gasteiger partial charge is 0.338 e. The number of hydrogen-bond acceptors (Lipinski definition) is 3. The highest BCUT2D eigenvalue weighted by molar-refractivity contribution is 5.93. The largest absolute Gasteiger partial charge is 0.451 e. The Morgan fingerprint density at radius 2 is 1.33 bits per heavy atom. The number of Topliss-reactive ketones (excluding diaryl/α,β-unsaturated/α-hetero) is 1. The first-order valence-electron chi connectivity index (χ1n) is 11.5. The van der Waals surface area contributed by atoms with E-state index in [0.29, 0.717) is 12.0 Å². The number of hydrogen-bond donors (Lipinski definition) is 0. The Kier molecular flexibility index (Phi) is 10.3. The first-order chi connectivity index (χ1) is 14.5. The topological polar surface area (TPSA) is 43.4 Å². The lowest BCUT2D eigenvalue weighted by molar-refractivity contribution is -0.127. The molecule has 0 spiro atoms. The van der Waals surface area contributed by atoms with Crippen LogP contribution in [-0.2, 0) is 16.0 Å². The van der Waals surface area contributed by atoms with E-state index in [9.17, 15) is 9.59 Å². The van der Waals surface area contributed by atoms with E-state index >= 15 is 0 Å². The SMILES string of the molecule is CCCCCCCc1ccc(-c2ccc(C(=O)OC(C)C(=O)CCCC)cc2)cc1. The number of aryl methyl sites for hydroxylation is 1. The van der Waals surface area contributed by atoms with Gasteiger partial charge in [-0.2, -0.15) is 0 Å². The molecule has 0 saturated heterocycles. The highest BCUT2D eigenvalue weighted by Crippen LogP contribution is 2.22. The van der Waals surface area contributed by atoms with Crippen molar-refractivity contribution in [3.05, 3.63) is 59.7 Å². The van der Waals surface area contributed by atoms with Crippen LogP contribution in [0.3, 0.4) is 0 Å². The third-order valence-corrected chi connectivity index (χ3v) is 5.49. The molecule has 0 aromatic heterocycles. The van der Waals surface area contributed by atoms with Crippen LogP contribution in [0.15, 0.2) is 48.5 Å². The number of rotatable bonds is 13. The van der Waals surface area contributed by atoms with E-state index in [1.807, 2.05) is 19.1 Å². The Labute approximate surface area is 181 Å². The molecule has 1 unspecified atom stereocenters. The zero-order valence-electron chi connectivity index (χ0n) is 18.8. The van der Waals surface area contributed by atoms with Crippen LogP contribution >= 0.6 is 0 Å². The normalized spacial score (nSPS) is 11.8. The second-order valence-corrected chi connectivity index (χ2v) is 8.06. The van der Waals surface area contributed by atoms with Crippen molar-refractivity contribution in [2.75, 3.05) is 0 Å². The quantitative estimate of drug-likeness (QED) is 0.261. The summed E-state index contributed by atoms with van der Waals surface area (Å²) in [6, 6.07) is 16.1. The minimum Gasteiger partial charge on any atom is -0.451 e. The molecule has 3 heteroatoms. The van der Waals surface area contributed by atoms with Crippen LogP contribution in [0, 0.1) is 0 Å². The van der Waals surface area contributed by atoms with Crippen LogP contribution in [0.4, 0.5) is 0 Å². The van der Waals surface area contributed by atoms with Gasteiger partial charge in [-0.05, 0) is 55.0 Å². The van der Waals surface area contributed by atoms with Crippen LogP contribution in [0.25, 0.3) is 11.1 Å². The van der Waals surface area contributed by atoms with Gasteiger partial charge in [0.05, 0.1) is 5.56 Å². The fourth-order valence-electron chi connectivity index (χ4n) is 3.44. The summed E-state index contributed by atoms with van der Waals surface area (Å²) in [7, 11) is 0. The van der Waals surface area contributed by atoms with Gasteiger partial charge in [-0.15, -0.1) is 0 Å². The van der Waals surface area contributed by atoms with E-state index in [1.165, 1.54) is 37.7 Å². The molecule has 0 bridgehead atoms. The summed E-state index contributed by atoms with van der Waals surface area (Å²) in [4.78, 5) is 24.3. The number of carbonyl (C=O) groups is 2. The van der Waals surface area contributed by atoms with Crippen LogP contribution in [0.2, 0.25) is 0 Å². The summed E-state index contributed by atoms with van der Waals surface area (Å²) >= 11 is 0. The van der Waals surface area contributed by atoms with Gasteiger partial charge in [0.2, 0.25) is 0 Å². The van der Waals surface area contributed by atoms with Gasteiger partial charge in [0.1, 0.15) is 0 Å². The Bertz CT molecular complexity index is 775. The van der Waals surface area contributed by atoms with E-state index in [2.05, 4.69) is 31.2 Å². The Morgan fingerprint density at radius 3 is 1.93 bits per heavy atom. The lowest BCUT2D eigenvalue weighted by atomic mass is 10.00. The Morgan fingerprint density at radius 1 is 0.767 bits per heavy atom. The maximum atomic E-state index is 12.3. The number of benzene rings is 2. The number of ether oxygens (including phenoxy) is 1. The van der Waals surface area contributed by atoms with Crippen molar-refractivity contribution >= 4 is 11.8 Å². The minimum absolute atomic E-state index is 0.0210. The fourth-order valence-corrected chi connectivity index (χ4v) is 3.44. The first-order valence-corrected chi connectivity index (χ1v) is 11.5. The average molecular weight is 409 g/mol. The lowest BCUT2D eigenvalue weighted by Crippen LogP contribution is -2.24. The van der Waals surface area contributed by atoms with Gasteiger partial charge in [0.15, 0.2) is 11.9 Å². The predicted molar refractivity (Wildman–Crippen MR) is 124 cm³/mol. The van der Waals surface area contributed by atoms with Crippen molar-refractivity contribution < 1.29 is 14.3 Å². The van der Waals surface area contributed by atoms with E-state index in [-0.39, 0.29) is 5.78 Å². The maximum absolute atomic E-state index is 12.3. The van der Waals surface area contributed by atoms with Gasteiger partial charge >= 0.3 is 5.97 Å². The van der Waals surface area contributed by atoms with E-state index in [1.54, 1.807) is 19.1 Å². The molecule has 0 fully saturated rings. The predicted octanol–water partition coefficient (Wildman–Crippen LogP) is 7.17. The highest BCUT2D eigenvalue weighted by atomic mass is 16.5. The van der Waals surface area contributed by atoms with Gasteiger partial charge in [-0.1, -0.05) is 82.3 Å². The van der Waals surface area contributed by atoms with Crippen LogP contribution < -0.4 is 0 Å². The summed E-state index contributed by atoms with van der Waals surface area (Å²) in [5, 5.41) is 0. The molecular weight excluding hydrogens is 372 g/mol. The second kappa shape index (κ2) is 13.0. The molecule has 0 radical (unpaired) electrons. The monoisotopic (exact) mass is 408 g/mol. The lowest BCUT2D eigenvalue weighted by Gasteiger charge is -2.12. The molecule has 0 aliphatic rings. The summed E-state index contributed by atoms with van der Waals surface area (Å²) < 4.78 is 5.33. The molecule has 0 aliphatic carbocycles. The number of unbranched alkanes of at least 4 members (excludes halogenated alkanes) is 5. The second-order valence-electron chi connectivity index (χ2n) is 8.06. The summed E-state index contributed by atoms with van der Waals surface area (Å²) in [5.41, 5.74) is 4.04. The fraction of sp³-hybridized carbons (Fsp3) is 0.481.